The predicted molar refractivity (Wildman–Crippen MR) is 69.1 cm³/mol. The van der Waals surface area contributed by atoms with Crippen molar-refractivity contribution in [1.29, 1.82) is 0 Å². The van der Waals surface area contributed by atoms with Crippen LogP contribution in [0, 0.1) is 0 Å². The van der Waals surface area contributed by atoms with Crippen molar-refractivity contribution >= 4 is 11.0 Å². The Morgan fingerprint density at radius 2 is 2.29 bits per heavy atom. The van der Waals surface area contributed by atoms with Crippen LogP contribution in [0.4, 0.5) is 0 Å². The molecule has 17 heavy (non-hydrogen) atoms. The first-order valence-electron chi connectivity index (χ1n) is 6.16. The predicted octanol–water partition coefficient (Wildman–Crippen LogP) is 1.01. The number of imidazole rings is 1. The fraction of sp³-hybridized carbons (Fsp3) is 0.462. The van der Waals surface area contributed by atoms with Gasteiger partial charge in [0, 0.05) is 25.7 Å². The van der Waals surface area contributed by atoms with Gasteiger partial charge in [-0.25, -0.2) is 4.98 Å². The standard InChI is InChI=1S/C13H18N4/c1-17(11-7-14-8-11)5-4-10-2-3-12-13(6-10)16-9-15-12/h2-3,6,9,11,14H,4-5,7-8H2,1H3,(H,15,16). The first-order valence-corrected chi connectivity index (χ1v) is 6.16. The minimum atomic E-state index is 0.728. The average molecular weight is 230 g/mol. The van der Waals surface area contributed by atoms with Crippen molar-refractivity contribution < 1.29 is 0 Å². The minimum Gasteiger partial charge on any atom is -0.345 e. The highest BCUT2D eigenvalue weighted by molar-refractivity contribution is 5.75. The van der Waals surface area contributed by atoms with Crippen LogP contribution in [-0.4, -0.2) is 47.6 Å². The summed E-state index contributed by atoms with van der Waals surface area (Å²) in [6, 6.07) is 7.20. The van der Waals surface area contributed by atoms with Gasteiger partial charge in [0.1, 0.15) is 0 Å². The van der Waals surface area contributed by atoms with Crippen molar-refractivity contribution in [3.63, 3.8) is 0 Å². The SMILES string of the molecule is CN(CCc1ccc2nc[nH]c2c1)C1CNC1. The first-order chi connectivity index (χ1) is 8.33. The van der Waals surface area contributed by atoms with Crippen molar-refractivity contribution in [1.82, 2.24) is 20.2 Å². The van der Waals surface area contributed by atoms with E-state index in [2.05, 4.69) is 45.4 Å². The molecule has 2 N–H and O–H groups in total. The van der Waals surface area contributed by atoms with Crippen LogP contribution < -0.4 is 5.32 Å². The lowest BCUT2D eigenvalue weighted by molar-refractivity contribution is 0.182. The van der Waals surface area contributed by atoms with Crippen molar-refractivity contribution in [2.75, 3.05) is 26.7 Å². The van der Waals surface area contributed by atoms with Crippen LogP contribution in [-0.2, 0) is 6.42 Å². The molecule has 0 aliphatic carbocycles. The third-order valence-corrected chi connectivity index (χ3v) is 3.62. The van der Waals surface area contributed by atoms with Crippen LogP contribution in [0.3, 0.4) is 0 Å². The Morgan fingerprint density at radius 1 is 1.41 bits per heavy atom. The van der Waals surface area contributed by atoms with Gasteiger partial charge in [0.2, 0.25) is 0 Å². The molecule has 1 aromatic carbocycles. The van der Waals surface area contributed by atoms with Crippen LogP contribution in [0.15, 0.2) is 24.5 Å². The highest BCUT2D eigenvalue weighted by atomic mass is 15.2. The van der Waals surface area contributed by atoms with Gasteiger partial charge in [-0.15, -0.1) is 0 Å². The maximum atomic E-state index is 4.23. The van der Waals surface area contributed by atoms with Crippen molar-refractivity contribution in [3.05, 3.63) is 30.1 Å². The van der Waals surface area contributed by atoms with Gasteiger partial charge in [0.05, 0.1) is 17.4 Å². The molecule has 1 saturated heterocycles. The summed E-state index contributed by atoms with van der Waals surface area (Å²) >= 11 is 0. The van der Waals surface area contributed by atoms with Crippen LogP contribution in [0.1, 0.15) is 5.56 Å². The Balaban J connectivity index is 1.63. The molecule has 90 valence electrons. The Hall–Kier alpha value is -1.39. The van der Waals surface area contributed by atoms with Crippen LogP contribution in [0.2, 0.25) is 0 Å². The van der Waals surface area contributed by atoms with E-state index >= 15 is 0 Å². The summed E-state index contributed by atoms with van der Waals surface area (Å²) < 4.78 is 0. The molecular weight excluding hydrogens is 212 g/mol. The summed E-state index contributed by atoms with van der Waals surface area (Å²) in [5, 5.41) is 3.31. The van der Waals surface area contributed by atoms with E-state index in [9.17, 15) is 0 Å². The van der Waals surface area contributed by atoms with Gasteiger partial charge in [-0.1, -0.05) is 6.07 Å². The summed E-state index contributed by atoms with van der Waals surface area (Å²) in [5.74, 6) is 0. The van der Waals surface area contributed by atoms with Gasteiger partial charge in [-0.05, 0) is 31.2 Å². The van der Waals surface area contributed by atoms with E-state index in [-0.39, 0.29) is 0 Å². The number of nitrogens with zero attached hydrogens (tertiary/aromatic N) is 2. The molecule has 0 bridgehead atoms. The zero-order chi connectivity index (χ0) is 11.7. The van der Waals surface area contributed by atoms with Crippen LogP contribution >= 0.6 is 0 Å². The molecule has 1 aliphatic rings. The Kier molecular flexibility index (Phi) is 2.82. The normalized spacial score (nSPS) is 16.6. The number of hydrogen-bond donors (Lipinski definition) is 2. The number of aromatic amines is 1. The number of nitrogens with one attached hydrogen (secondary N) is 2. The number of likely N-dealkylation sites (N-methyl/N-ethyl adjacent to an activating group) is 1. The number of hydrogen-bond acceptors (Lipinski definition) is 3. The number of benzene rings is 1. The Morgan fingerprint density at radius 3 is 3.06 bits per heavy atom. The van der Waals surface area contributed by atoms with E-state index < -0.39 is 0 Å². The molecule has 0 radical (unpaired) electrons. The Labute approximate surface area is 101 Å². The van der Waals surface area contributed by atoms with Gasteiger partial charge >= 0.3 is 0 Å². The molecule has 4 nitrogen and oxygen atoms in total. The molecule has 4 heteroatoms. The highest BCUT2D eigenvalue weighted by Gasteiger charge is 2.20. The molecule has 0 saturated carbocycles. The van der Waals surface area contributed by atoms with Crippen molar-refractivity contribution in [3.8, 4) is 0 Å². The number of aromatic nitrogens is 2. The number of rotatable bonds is 4. The molecule has 2 heterocycles. The quantitative estimate of drug-likeness (QED) is 0.824. The van der Waals surface area contributed by atoms with Crippen molar-refractivity contribution in [2.45, 2.75) is 12.5 Å². The van der Waals surface area contributed by atoms with Crippen LogP contribution in [0.5, 0.6) is 0 Å². The lowest BCUT2D eigenvalue weighted by atomic mass is 10.1. The van der Waals surface area contributed by atoms with E-state index in [1.807, 2.05) is 0 Å². The van der Waals surface area contributed by atoms with Gasteiger partial charge in [0.15, 0.2) is 0 Å². The fourth-order valence-corrected chi connectivity index (χ4v) is 2.21. The van der Waals surface area contributed by atoms with Crippen molar-refractivity contribution in [2.24, 2.45) is 0 Å². The number of fused-ring (bicyclic) bond motifs is 1. The molecule has 1 aliphatic heterocycles. The maximum absolute atomic E-state index is 4.23. The Bertz CT molecular complexity index is 501. The molecular formula is C13H18N4. The molecule has 3 rings (SSSR count). The van der Waals surface area contributed by atoms with E-state index in [4.69, 9.17) is 0 Å². The largest absolute Gasteiger partial charge is 0.345 e. The third kappa shape index (κ3) is 2.18. The fourth-order valence-electron chi connectivity index (χ4n) is 2.21. The zero-order valence-corrected chi connectivity index (χ0v) is 10.1. The zero-order valence-electron chi connectivity index (χ0n) is 10.1. The van der Waals surface area contributed by atoms with E-state index in [1.165, 1.54) is 5.56 Å². The first kappa shape index (κ1) is 10.7. The van der Waals surface area contributed by atoms with E-state index in [0.29, 0.717) is 0 Å². The molecule has 2 aromatic rings. The second-order valence-electron chi connectivity index (χ2n) is 4.80. The summed E-state index contributed by atoms with van der Waals surface area (Å²) in [7, 11) is 2.21. The third-order valence-electron chi connectivity index (χ3n) is 3.62. The molecule has 0 amide bonds. The smallest absolute Gasteiger partial charge is 0.0931 e. The monoisotopic (exact) mass is 230 g/mol. The van der Waals surface area contributed by atoms with Gasteiger partial charge < -0.3 is 15.2 Å². The average Bonchev–Trinajstić information content (AvgIpc) is 2.71. The summed E-state index contributed by atoms with van der Waals surface area (Å²) in [6.07, 6.45) is 2.85. The summed E-state index contributed by atoms with van der Waals surface area (Å²) in [5.41, 5.74) is 3.56. The van der Waals surface area contributed by atoms with Gasteiger partial charge in [0.25, 0.3) is 0 Å². The van der Waals surface area contributed by atoms with E-state index in [1.54, 1.807) is 6.33 Å². The van der Waals surface area contributed by atoms with Gasteiger partial charge in [-0.2, -0.15) is 0 Å². The lowest BCUT2D eigenvalue weighted by Crippen LogP contribution is -2.56. The minimum absolute atomic E-state index is 0.728. The van der Waals surface area contributed by atoms with E-state index in [0.717, 1.165) is 43.1 Å². The number of H-pyrrole nitrogens is 1. The maximum Gasteiger partial charge on any atom is 0.0931 e. The lowest BCUT2D eigenvalue weighted by Gasteiger charge is -2.35. The molecule has 0 atom stereocenters. The topological polar surface area (TPSA) is 44.0 Å². The second kappa shape index (κ2) is 4.47. The van der Waals surface area contributed by atoms with Gasteiger partial charge in [-0.3, -0.25) is 0 Å². The molecule has 0 unspecified atom stereocenters. The summed E-state index contributed by atoms with van der Waals surface area (Å²) in [4.78, 5) is 9.83. The molecule has 1 aromatic heterocycles. The molecule has 0 spiro atoms. The second-order valence-corrected chi connectivity index (χ2v) is 4.80. The summed E-state index contributed by atoms with van der Waals surface area (Å²) in [6.45, 7) is 3.39. The van der Waals surface area contributed by atoms with Crippen LogP contribution in [0.25, 0.3) is 11.0 Å². The molecule has 1 fully saturated rings. The highest BCUT2D eigenvalue weighted by Crippen LogP contribution is 2.13.